The summed E-state index contributed by atoms with van der Waals surface area (Å²) in [6.45, 7) is 3.82. The van der Waals surface area contributed by atoms with E-state index in [1.807, 2.05) is 19.1 Å². The normalized spacial score (nSPS) is 18.3. The van der Waals surface area contributed by atoms with E-state index in [9.17, 15) is 13.2 Å². The number of ether oxygens (including phenoxy) is 1. The second kappa shape index (κ2) is 9.88. The van der Waals surface area contributed by atoms with Gasteiger partial charge in [0.15, 0.2) is 5.82 Å². The Morgan fingerprint density at radius 1 is 1.23 bits per heavy atom. The number of carbonyl (C=O) groups is 1. The molecule has 5 rings (SSSR count). The number of carbonyl (C=O) groups excluding carboxylic acids is 1. The molecule has 1 aliphatic carbocycles. The Hall–Kier alpha value is -3.09. The van der Waals surface area contributed by atoms with Crippen LogP contribution in [0.1, 0.15) is 25.5 Å². The molecule has 10 nitrogen and oxygen atoms in total. The van der Waals surface area contributed by atoms with Crippen LogP contribution in [0.2, 0.25) is 0 Å². The standard InChI is InChI=1S/C23H26N6O4S2/c1-15-13-33-10-9-29(15)20-12-19(14-35(31,32)23-24-8-11-34-23)25-21(28-20)16-2-4-17(5-3-16)26-22(30)27-18-6-7-18/h2-5,8,11-12,15,18H,6-7,9-10,13-14H2,1H3,(H2,26,27,30)/t15-/m0/s1. The van der Waals surface area contributed by atoms with E-state index in [1.165, 1.54) is 6.20 Å². The molecule has 12 heteroatoms. The molecular formula is C23H26N6O4S2. The molecule has 1 saturated carbocycles. The fourth-order valence-corrected chi connectivity index (χ4v) is 5.98. The highest BCUT2D eigenvalue weighted by molar-refractivity contribution is 7.92. The van der Waals surface area contributed by atoms with Crippen LogP contribution in [0.4, 0.5) is 16.3 Å². The number of sulfone groups is 1. The molecule has 1 aliphatic heterocycles. The van der Waals surface area contributed by atoms with Gasteiger partial charge in [0, 0.05) is 41.5 Å². The van der Waals surface area contributed by atoms with Crippen molar-refractivity contribution in [3.8, 4) is 11.4 Å². The predicted molar refractivity (Wildman–Crippen MR) is 133 cm³/mol. The Balaban J connectivity index is 1.44. The van der Waals surface area contributed by atoms with Crippen molar-refractivity contribution in [3.63, 3.8) is 0 Å². The maximum atomic E-state index is 12.9. The molecule has 1 atom stereocenters. The van der Waals surface area contributed by atoms with E-state index in [-0.39, 0.29) is 28.2 Å². The quantitative estimate of drug-likeness (QED) is 0.493. The minimum atomic E-state index is -3.64. The van der Waals surface area contributed by atoms with E-state index in [0.29, 0.717) is 48.3 Å². The zero-order chi connectivity index (χ0) is 24.4. The summed E-state index contributed by atoms with van der Waals surface area (Å²) < 4.78 is 31.4. The average Bonchev–Trinajstić information content (AvgIpc) is 3.45. The molecule has 0 unspecified atom stereocenters. The van der Waals surface area contributed by atoms with Gasteiger partial charge >= 0.3 is 6.03 Å². The van der Waals surface area contributed by atoms with Crippen molar-refractivity contribution in [2.45, 2.75) is 41.9 Å². The molecule has 2 aromatic heterocycles. The highest BCUT2D eigenvalue weighted by Crippen LogP contribution is 2.27. The monoisotopic (exact) mass is 514 g/mol. The van der Waals surface area contributed by atoms with Crippen molar-refractivity contribution in [2.24, 2.45) is 0 Å². The molecule has 1 aromatic carbocycles. The number of aromatic nitrogens is 3. The number of benzene rings is 1. The van der Waals surface area contributed by atoms with E-state index in [1.54, 1.807) is 23.6 Å². The summed E-state index contributed by atoms with van der Waals surface area (Å²) in [7, 11) is -3.64. The van der Waals surface area contributed by atoms with E-state index < -0.39 is 9.84 Å². The van der Waals surface area contributed by atoms with Crippen LogP contribution in [0.3, 0.4) is 0 Å². The van der Waals surface area contributed by atoms with Gasteiger partial charge in [0.25, 0.3) is 0 Å². The van der Waals surface area contributed by atoms with Crippen molar-refractivity contribution in [3.05, 3.63) is 47.6 Å². The highest BCUT2D eigenvalue weighted by atomic mass is 32.2. The van der Waals surface area contributed by atoms with Crippen LogP contribution < -0.4 is 15.5 Å². The number of urea groups is 1. The van der Waals surface area contributed by atoms with E-state index in [2.05, 4.69) is 25.5 Å². The van der Waals surface area contributed by atoms with Gasteiger partial charge in [-0.05, 0) is 44.0 Å². The summed E-state index contributed by atoms with van der Waals surface area (Å²) in [6.07, 6.45) is 3.51. The number of morpholine rings is 1. The lowest BCUT2D eigenvalue weighted by Gasteiger charge is -2.34. The van der Waals surface area contributed by atoms with Crippen LogP contribution in [-0.2, 0) is 20.3 Å². The Morgan fingerprint density at radius 3 is 2.71 bits per heavy atom. The SMILES string of the molecule is C[C@H]1COCCN1c1cc(CS(=O)(=O)c2nccs2)nc(-c2ccc(NC(=O)NC3CC3)cc2)n1. The molecule has 2 N–H and O–H groups in total. The van der Waals surface area contributed by atoms with Gasteiger partial charge in [-0.25, -0.2) is 28.2 Å². The lowest BCUT2D eigenvalue weighted by Crippen LogP contribution is -2.44. The van der Waals surface area contributed by atoms with Crippen molar-refractivity contribution in [2.75, 3.05) is 30.0 Å². The molecule has 184 valence electrons. The molecule has 1 saturated heterocycles. The van der Waals surface area contributed by atoms with Gasteiger partial charge in [-0.15, -0.1) is 11.3 Å². The highest BCUT2D eigenvalue weighted by Gasteiger charge is 2.25. The molecule has 0 spiro atoms. The van der Waals surface area contributed by atoms with Crippen LogP contribution in [-0.4, -0.2) is 61.2 Å². The minimum absolute atomic E-state index is 0.0684. The zero-order valence-electron chi connectivity index (χ0n) is 19.2. The molecule has 2 fully saturated rings. The number of nitrogens with zero attached hydrogens (tertiary/aromatic N) is 4. The number of anilines is 2. The molecular weight excluding hydrogens is 488 g/mol. The van der Waals surface area contributed by atoms with Crippen molar-refractivity contribution < 1.29 is 17.9 Å². The second-order valence-corrected chi connectivity index (χ2v) is 11.7. The number of hydrogen-bond acceptors (Lipinski definition) is 9. The summed E-state index contributed by atoms with van der Waals surface area (Å²) in [5.41, 5.74) is 1.76. The summed E-state index contributed by atoms with van der Waals surface area (Å²) in [6, 6.07) is 9.05. The maximum absolute atomic E-state index is 12.9. The van der Waals surface area contributed by atoms with Crippen LogP contribution in [0.25, 0.3) is 11.4 Å². The zero-order valence-corrected chi connectivity index (χ0v) is 20.8. The molecule has 2 amide bonds. The topological polar surface area (TPSA) is 126 Å². The number of rotatable bonds is 7. The molecule has 35 heavy (non-hydrogen) atoms. The van der Waals surface area contributed by atoms with Crippen LogP contribution >= 0.6 is 11.3 Å². The van der Waals surface area contributed by atoms with Gasteiger partial charge in [0.2, 0.25) is 14.2 Å². The summed E-state index contributed by atoms with van der Waals surface area (Å²) in [4.78, 5) is 27.4. The predicted octanol–water partition coefficient (Wildman–Crippen LogP) is 3.08. The Morgan fingerprint density at radius 2 is 2.03 bits per heavy atom. The fourth-order valence-electron chi connectivity index (χ4n) is 3.80. The first-order valence-corrected chi connectivity index (χ1v) is 13.9. The van der Waals surface area contributed by atoms with Crippen LogP contribution in [0.15, 0.2) is 46.2 Å². The van der Waals surface area contributed by atoms with Crippen molar-refractivity contribution >= 4 is 38.7 Å². The first kappa shape index (κ1) is 23.6. The van der Waals surface area contributed by atoms with E-state index >= 15 is 0 Å². The number of amides is 2. The molecule has 3 heterocycles. The van der Waals surface area contributed by atoms with E-state index in [0.717, 1.165) is 24.2 Å². The summed E-state index contributed by atoms with van der Waals surface area (Å²) >= 11 is 1.09. The van der Waals surface area contributed by atoms with Gasteiger partial charge < -0.3 is 20.3 Å². The summed E-state index contributed by atoms with van der Waals surface area (Å²) in [5.74, 6) is 0.795. The van der Waals surface area contributed by atoms with Crippen molar-refractivity contribution in [1.29, 1.82) is 0 Å². The smallest absolute Gasteiger partial charge is 0.319 e. The first-order valence-electron chi connectivity index (χ1n) is 11.4. The minimum Gasteiger partial charge on any atom is -0.377 e. The third kappa shape index (κ3) is 5.77. The van der Waals surface area contributed by atoms with Crippen LogP contribution in [0.5, 0.6) is 0 Å². The molecule has 3 aromatic rings. The van der Waals surface area contributed by atoms with E-state index in [4.69, 9.17) is 9.72 Å². The second-order valence-electron chi connectivity index (χ2n) is 8.67. The summed E-state index contributed by atoms with van der Waals surface area (Å²) in [5, 5.41) is 7.34. The largest absolute Gasteiger partial charge is 0.377 e. The third-order valence-electron chi connectivity index (χ3n) is 5.75. The number of nitrogens with one attached hydrogen (secondary N) is 2. The first-order chi connectivity index (χ1) is 16.9. The Kier molecular flexibility index (Phi) is 6.67. The Labute approximate surface area is 207 Å². The molecule has 0 radical (unpaired) electrons. The van der Waals surface area contributed by atoms with Gasteiger partial charge in [-0.3, -0.25) is 0 Å². The number of hydrogen-bond donors (Lipinski definition) is 2. The average molecular weight is 515 g/mol. The van der Waals surface area contributed by atoms with Gasteiger partial charge in [-0.2, -0.15) is 0 Å². The Bertz CT molecular complexity index is 1290. The van der Waals surface area contributed by atoms with Gasteiger partial charge in [-0.1, -0.05) is 0 Å². The lowest BCUT2D eigenvalue weighted by molar-refractivity contribution is 0.0985. The third-order valence-corrected chi connectivity index (χ3v) is 8.68. The molecule has 2 aliphatic rings. The van der Waals surface area contributed by atoms with Crippen molar-refractivity contribution in [1.82, 2.24) is 20.3 Å². The molecule has 0 bridgehead atoms. The van der Waals surface area contributed by atoms with Crippen LogP contribution in [0, 0.1) is 0 Å². The van der Waals surface area contributed by atoms with Gasteiger partial charge in [0.05, 0.1) is 30.7 Å². The number of thiazole rings is 1. The fraction of sp³-hybridized carbons (Fsp3) is 0.391. The lowest BCUT2D eigenvalue weighted by atomic mass is 10.2. The maximum Gasteiger partial charge on any atom is 0.319 e. The van der Waals surface area contributed by atoms with Gasteiger partial charge in [0.1, 0.15) is 5.82 Å².